The summed E-state index contributed by atoms with van der Waals surface area (Å²) in [6.07, 6.45) is 15.1. The van der Waals surface area contributed by atoms with Crippen molar-refractivity contribution >= 4 is 11.6 Å². The average molecular weight is 323 g/mol. The SMILES string of the molecule is CCCCCCCCCCCCc1ccccc1C(C)(C)Cl. The summed E-state index contributed by atoms with van der Waals surface area (Å²) in [5.41, 5.74) is 2.73. The van der Waals surface area contributed by atoms with E-state index in [1.807, 2.05) is 0 Å². The smallest absolute Gasteiger partial charge is 0.0641 e. The lowest BCUT2D eigenvalue weighted by molar-refractivity contribution is 0.555. The minimum atomic E-state index is -0.255. The second kappa shape index (κ2) is 11.1. The lowest BCUT2D eigenvalue weighted by atomic mass is 9.93. The van der Waals surface area contributed by atoms with Crippen LogP contribution in [0.5, 0.6) is 0 Å². The third-order valence-electron chi connectivity index (χ3n) is 4.46. The van der Waals surface area contributed by atoms with Crippen LogP contribution < -0.4 is 0 Å². The Morgan fingerprint density at radius 3 is 1.82 bits per heavy atom. The molecule has 0 saturated heterocycles. The molecule has 1 aromatic rings. The van der Waals surface area contributed by atoms with Gasteiger partial charge >= 0.3 is 0 Å². The zero-order chi connectivity index (χ0) is 16.3. The average Bonchev–Trinajstić information content (AvgIpc) is 2.48. The van der Waals surface area contributed by atoms with Crippen LogP contribution in [-0.4, -0.2) is 0 Å². The fraction of sp³-hybridized carbons (Fsp3) is 0.714. The Morgan fingerprint density at radius 1 is 0.773 bits per heavy atom. The van der Waals surface area contributed by atoms with Gasteiger partial charge in [0.25, 0.3) is 0 Å². The molecule has 0 fully saturated rings. The molecule has 1 heteroatoms. The van der Waals surface area contributed by atoms with Gasteiger partial charge in [-0.05, 0) is 37.8 Å². The van der Waals surface area contributed by atoms with Crippen LogP contribution in [0, 0.1) is 0 Å². The highest BCUT2D eigenvalue weighted by atomic mass is 35.5. The highest BCUT2D eigenvalue weighted by Crippen LogP contribution is 2.31. The Morgan fingerprint density at radius 2 is 1.27 bits per heavy atom. The first-order chi connectivity index (χ1) is 10.6. The Kier molecular flexibility index (Phi) is 9.87. The molecule has 0 amide bonds. The van der Waals surface area contributed by atoms with Gasteiger partial charge in [0.2, 0.25) is 0 Å². The van der Waals surface area contributed by atoms with Gasteiger partial charge < -0.3 is 0 Å². The van der Waals surface area contributed by atoms with Crippen LogP contribution in [0.25, 0.3) is 0 Å². The second-order valence-corrected chi connectivity index (χ2v) is 8.01. The van der Waals surface area contributed by atoms with Gasteiger partial charge in [-0.3, -0.25) is 0 Å². The van der Waals surface area contributed by atoms with Crippen LogP contribution in [-0.2, 0) is 11.3 Å². The van der Waals surface area contributed by atoms with Crippen LogP contribution in [0.4, 0.5) is 0 Å². The van der Waals surface area contributed by atoms with Crippen LogP contribution in [0.1, 0.15) is 96.1 Å². The molecular formula is C21H35Cl. The molecule has 0 radical (unpaired) electrons. The zero-order valence-electron chi connectivity index (χ0n) is 15.0. The van der Waals surface area contributed by atoms with Gasteiger partial charge in [-0.2, -0.15) is 0 Å². The van der Waals surface area contributed by atoms with E-state index in [1.54, 1.807) is 0 Å². The molecule has 0 aliphatic rings. The fourth-order valence-corrected chi connectivity index (χ4v) is 3.31. The molecule has 0 aliphatic heterocycles. The summed E-state index contributed by atoms with van der Waals surface area (Å²) in [5, 5.41) is 0. The lowest BCUT2D eigenvalue weighted by Gasteiger charge is -2.20. The number of halogens is 1. The molecule has 0 saturated carbocycles. The van der Waals surface area contributed by atoms with Gasteiger partial charge in [0.1, 0.15) is 0 Å². The maximum Gasteiger partial charge on any atom is 0.0641 e. The van der Waals surface area contributed by atoms with E-state index in [2.05, 4.69) is 45.0 Å². The van der Waals surface area contributed by atoms with Crippen LogP contribution in [0.15, 0.2) is 24.3 Å². The van der Waals surface area contributed by atoms with Crippen molar-refractivity contribution in [3.8, 4) is 0 Å². The quantitative estimate of drug-likeness (QED) is 0.274. The van der Waals surface area contributed by atoms with Gasteiger partial charge in [0, 0.05) is 0 Å². The van der Waals surface area contributed by atoms with E-state index >= 15 is 0 Å². The summed E-state index contributed by atoms with van der Waals surface area (Å²) in [4.78, 5) is -0.255. The number of rotatable bonds is 12. The monoisotopic (exact) mass is 322 g/mol. The maximum absolute atomic E-state index is 6.50. The molecule has 0 nitrogen and oxygen atoms in total. The van der Waals surface area contributed by atoms with Crippen molar-refractivity contribution in [2.75, 3.05) is 0 Å². The Balaban J connectivity index is 2.13. The molecule has 0 aliphatic carbocycles. The van der Waals surface area contributed by atoms with Gasteiger partial charge in [-0.1, -0.05) is 89.0 Å². The van der Waals surface area contributed by atoms with Crippen molar-refractivity contribution in [1.29, 1.82) is 0 Å². The van der Waals surface area contributed by atoms with E-state index in [4.69, 9.17) is 11.6 Å². The third-order valence-corrected chi connectivity index (χ3v) is 4.66. The van der Waals surface area contributed by atoms with Crippen molar-refractivity contribution < 1.29 is 0 Å². The van der Waals surface area contributed by atoms with Gasteiger partial charge in [0.15, 0.2) is 0 Å². The summed E-state index contributed by atoms with van der Waals surface area (Å²) in [6, 6.07) is 8.66. The van der Waals surface area contributed by atoms with Crippen molar-refractivity contribution in [2.45, 2.75) is 96.3 Å². The molecule has 0 unspecified atom stereocenters. The van der Waals surface area contributed by atoms with Crippen molar-refractivity contribution in [3.05, 3.63) is 35.4 Å². The third kappa shape index (κ3) is 8.22. The number of hydrogen-bond acceptors (Lipinski definition) is 0. The van der Waals surface area contributed by atoms with Gasteiger partial charge in [-0.15, -0.1) is 11.6 Å². The molecule has 22 heavy (non-hydrogen) atoms. The summed E-state index contributed by atoms with van der Waals surface area (Å²) in [5.74, 6) is 0. The van der Waals surface area contributed by atoms with E-state index in [-0.39, 0.29) is 4.87 Å². The van der Waals surface area contributed by atoms with Crippen LogP contribution >= 0.6 is 11.6 Å². The number of benzene rings is 1. The van der Waals surface area contributed by atoms with E-state index in [0.717, 1.165) is 0 Å². The lowest BCUT2D eigenvalue weighted by Crippen LogP contribution is -2.10. The van der Waals surface area contributed by atoms with Crippen LogP contribution in [0.3, 0.4) is 0 Å². The summed E-state index contributed by atoms with van der Waals surface area (Å²) in [6.45, 7) is 6.46. The van der Waals surface area contributed by atoms with Crippen molar-refractivity contribution in [3.63, 3.8) is 0 Å². The molecule has 1 rings (SSSR count). The number of alkyl halides is 1. The van der Waals surface area contributed by atoms with E-state index in [9.17, 15) is 0 Å². The highest BCUT2D eigenvalue weighted by Gasteiger charge is 2.19. The fourth-order valence-electron chi connectivity index (χ4n) is 3.12. The predicted molar refractivity (Wildman–Crippen MR) is 101 cm³/mol. The number of unbranched alkanes of at least 4 members (excludes halogenated alkanes) is 9. The largest absolute Gasteiger partial charge is 0.115 e. The van der Waals surface area contributed by atoms with E-state index < -0.39 is 0 Å². The van der Waals surface area contributed by atoms with Crippen LogP contribution in [0.2, 0.25) is 0 Å². The molecule has 0 aromatic heterocycles. The van der Waals surface area contributed by atoms with E-state index in [0.29, 0.717) is 0 Å². The molecule has 0 atom stereocenters. The second-order valence-electron chi connectivity index (χ2n) is 7.06. The summed E-state index contributed by atoms with van der Waals surface area (Å²) in [7, 11) is 0. The summed E-state index contributed by atoms with van der Waals surface area (Å²) >= 11 is 6.50. The summed E-state index contributed by atoms with van der Waals surface area (Å²) < 4.78 is 0. The maximum atomic E-state index is 6.50. The standard InChI is InChI=1S/C21H35Cl/c1-4-5-6-7-8-9-10-11-12-13-16-19-17-14-15-18-20(19)21(2,3)22/h14-15,17-18H,4-13,16H2,1-3H3. The normalized spacial score (nSPS) is 11.8. The number of aryl methyl sites for hydroxylation is 1. The zero-order valence-corrected chi connectivity index (χ0v) is 15.7. The Labute approximate surface area is 143 Å². The molecule has 0 heterocycles. The molecule has 0 spiro atoms. The first kappa shape index (κ1) is 19.6. The molecule has 0 N–H and O–H groups in total. The molecule has 1 aromatic carbocycles. The first-order valence-corrected chi connectivity index (χ1v) is 9.70. The Hall–Kier alpha value is -0.490. The topological polar surface area (TPSA) is 0 Å². The minimum Gasteiger partial charge on any atom is -0.115 e. The van der Waals surface area contributed by atoms with Gasteiger partial charge in [0.05, 0.1) is 4.87 Å². The Bertz CT molecular complexity index is 389. The minimum absolute atomic E-state index is 0.255. The molecule has 126 valence electrons. The molecular weight excluding hydrogens is 288 g/mol. The number of hydrogen-bond donors (Lipinski definition) is 0. The first-order valence-electron chi connectivity index (χ1n) is 9.33. The van der Waals surface area contributed by atoms with Crippen molar-refractivity contribution in [2.24, 2.45) is 0 Å². The van der Waals surface area contributed by atoms with Gasteiger partial charge in [-0.25, -0.2) is 0 Å². The molecule has 0 bridgehead atoms. The van der Waals surface area contributed by atoms with Crippen molar-refractivity contribution in [1.82, 2.24) is 0 Å². The predicted octanol–water partition coefficient (Wildman–Crippen LogP) is 7.62. The highest BCUT2D eigenvalue weighted by molar-refractivity contribution is 6.23. The van der Waals surface area contributed by atoms with E-state index in [1.165, 1.54) is 81.8 Å².